The van der Waals surface area contributed by atoms with Crippen LogP contribution in [0.4, 0.5) is 0 Å². The molecule has 2 rings (SSSR count). The zero-order valence-electron chi connectivity index (χ0n) is 11.9. The molecule has 4 nitrogen and oxygen atoms in total. The van der Waals surface area contributed by atoms with E-state index in [2.05, 4.69) is 30.0 Å². The third-order valence-electron chi connectivity index (χ3n) is 3.44. The SMILES string of the molecule is CCc1cnccc1C(N)Cc1cc(C)nn1CC. The van der Waals surface area contributed by atoms with E-state index in [4.69, 9.17) is 5.73 Å². The minimum atomic E-state index is -0.000602. The maximum atomic E-state index is 6.37. The molecule has 1 unspecified atom stereocenters. The highest BCUT2D eigenvalue weighted by Gasteiger charge is 2.14. The smallest absolute Gasteiger partial charge is 0.0596 e. The van der Waals surface area contributed by atoms with Crippen LogP contribution in [0.2, 0.25) is 0 Å². The lowest BCUT2D eigenvalue weighted by Crippen LogP contribution is -2.17. The molecule has 2 aromatic rings. The number of aryl methyl sites for hydroxylation is 3. The third-order valence-corrected chi connectivity index (χ3v) is 3.44. The predicted molar refractivity (Wildman–Crippen MR) is 76.9 cm³/mol. The normalized spacial score (nSPS) is 12.6. The molecule has 0 aliphatic rings. The minimum Gasteiger partial charge on any atom is -0.324 e. The lowest BCUT2D eigenvalue weighted by atomic mass is 9.98. The fourth-order valence-electron chi connectivity index (χ4n) is 2.47. The molecule has 19 heavy (non-hydrogen) atoms. The Bertz CT molecular complexity index is 545. The van der Waals surface area contributed by atoms with Gasteiger partial charge in [0.15, 0.2) is 0 Å². The highest BCUT2D eigenvalue weighted by Crippen LogP contribution is 2.20. The van der Waals surface area contributed by atoms with Crippen molar-refractivity contribution >= 4 is 0 Å². The lowest BCUT2D eigenvalue weighted by molar-refractivity contribution is 0.585. The number of rotatable bonds is 5. The van der Waals surface area contributed by atoms with Gasteiger partial charge in [-0.1, -0.05) is 6.92 Å². The van der Waals surface area contributed by atoms with Gasteiger partial charge in [-0.2, -0.15) is 5.10 Å². The van der Waals surface area contributed by atoms with Crippen LogP contribution < -0.4 is 5.73 Å². The van der Waals surface area contributed by atoms with Gasteiger partial charge < -0.3 is 5.73 Å². The van der Waals surface area contributed by atoms with Crippen molar-refractivity contribution in [2.75, 3.05) is 0 Å². The summed E-state index contributed by atoms with van der Waals surface area (Å²) in [7, 11) is 0. The van der Waals surface area contributed by atoms with Crippen molar-refractivity contribution in [2.45, 2.75) is 46.2 Å². The summed E-state index contributed by atoms with van der Waals surface area (Å²) in [6.45, 7) is 7.14. The topological polar surface area (TPSA) is 56.7 Å². The van der Waals surface area contributed by atoms with Crippen LogP contribution >= 0.6 is 0 Å². The molecule has 0 saturated carbocycles. The number of nitrogens with two attached hydrogens (primary N) is 1. The molecule has 0 aliphatic carbocycles. The van der Waals surface area contributed by atoms with Crippen LogP contribution in [0.15, 0.2) is 24.5 Å². The predicted octanol–water partition coefficient (Wildman–Crippen LogP) is 2.41. The third kappa shape index (κ3) is 3.01. The van der Waals surface area contributed by atoms with Crippen molar-refractivity contribution < 1.29 is 0 Å². The van der Waals surface area contributed by atoms with Gasteiger partial charge in [-0.15, -0.1) is 0 Å². The average molecular weight is 258 g/mol. The van der Waals surface area contributed by atoms with Crippen LogP contribution in [-0.2, 0) is 19.4 Å². The van der Waals surface area contributed by atoms with Crippen LogP contribution in [0.25, 0.3) is 0 Å². The molecule has 4 heteroatoms. The molecule has 0 aromatic carbocycles. The number of aromatic nitrogens is 3. The molecular weight excluding hydrogens is 236 g/mol. The molecule has 1 atom stereocenters. The first-order valence-electron chi connectivity index (χ1n) is 6.87. The van der Waals surface area contributed by atoms with Crippen LogP contribution in [0.5, 0.6) is 0 Å². The van der Waals surface area contributed by atoms with E-state index in [0.29, 0.717) is 0 Å². The van der Waals surface area contributed by atoms with E-state index in [0.717, 1.165) is 25.1 Å². The van der Waals surface area contributed by atoms with Gasteiger partial charge in [0.25, 0.3) is 0 Å². The molecule has 0 amide bonds. The molecule has 0 saturated heterocycles. The second-order valence-electron chi connectivity index (χ2n) is 4.83. The second kappa shape index (κ2) is 5.97. The maximum Gasteiger partial charge on any atom is 0.0596 e. The first-order chi connectivity index (χ1) is 9.15. The fraction of sp³-hybridized carbons (Fsp3) is 0.467. The van der Waals surface area contributed by atoms with Gasteiger partial charge in [-0.3, -0.25) is 9.67 Å². The highest BCUT2D eigenvalue weighted by atomic mass is 15.3. The summed E-state index contributed by atoms with van der Waals surface area (Å²) in [5, 5.41) is 4.47. The van der Waals surface area contributed by atoms with Crippen molar-refractivity contribution in [2.24, 2.45) is 5.73 Å². The van der Waals surface area contributed by atoms with Crippen molar-refractivity contribution in [1.29, 1.82) is 0 Å². The largest absolute Gasteiger partial charge is 0.324 e. The van der Waals surface area contributed by atoms with Crippen molar-refractivity contribution in [1.82, 2.24) is 14.8 Å². The van der Waals surface area contributed by atoms with Gasteiger partial charge in [0, 0.05) is 37.1 Å². The van der Waals surface area contributed by atoms with E-state index >= 15 is 0 Å². The highest BCUT2D eigenvalue weighted by molar-refractivity contribution is 5.28. The molecule has 0 spiro atoms. The molecule has 0 radical (unpaired) electrons. The summed E-state index contributed by atoms with van der Waals surface area (Å²) in [5.41, 5.74) is 11.0. The van der Waals surface area contributed by atoms with E-state index in [1.165, 1.54) is 16.8 Å². The van der Waals surface area contributed by atoms with Gasteiger partial charge in [0.05, 0.1) is 5.69 Å². The Labute approximate surface area is 114 Å². The van der Waals surface area contributed by atoms with Crippen LogP contribution in [0.3, 0.4) is 0 Å². The van der Waals surface area contributed by atoms with Crippen LogP contribution in [0, 0.1) is 6.92 Å². The van der Waals surface area contributed by atoms with E-state index in [1.54, 1.807) is 0 Å². The minimum absolute atomic E-state index is 0.000602. The quantitative estimate of drug-likeness (QED) is 0.896. The monoisotopic (exact) mass is 258 g/mol. The van der Waals surface area contributed by atoms with Gasteiger partial charge in [0.2, 0.25) is 0 Å². The van der Waals surface area contributed by atoms with Gasteiger partial charge in [-0.25, -0.2) is 0 Å². The fourth-order valence-corrected chi connectivity index (χ4v) is 2.47. The average Bonchev–Trinajstić information content (AvgIpc) is 2.78. The number of hydrogen-bond acceptors (Lipinski definition) is 3. The Hall–Kier alpha value is -1.68. The molecule has 2 heterocycles. The first-order valence-corrected chi connectivity index (χ1v) is 6.87. The van der Waals surface area contributed by atoms with Gasteiger partial charge >= 0.3 is 0 Å². The summed E-state index contributed by atoms with van der Waals surface area (Å²) in [5.74, 6) is 0. The first kappa shape index (κ1) is 13.7. The standard InChI is InChI=1S/C15H22N4/c1-4-12-10-17-7-6-14(12)15(16)9-13-8-11(3)18-19(13)5-2/h6-8,10,15H,4-5,9,16H2,1-3H3. The summed E-state index contributed by atoms with van der Waals surface area (Å²) < 4.78 is 2.03. The lowest BCUT2D eigenvalue weighted by Gasteiger charge is -2.16. The molecule has 0 aliphatic heterocycles. The molecule has 102 valence electrons. The Morgan fingerprint density at radius 1 is 1.37 bits per heavy atom. The summed E-state index contributed by atoms with van der Waals surface area (Å²) in [6.07, 6.45) is 5.50. The van der Waals surface area contributed by atoms with E-state index in [1.807, 2.05) is 30.1 Å². The van der Waals surface area contributed by atoms with Crippen LogP contribution in [0.1, 0.15) is 42.4 Å². The summed E-state index contributed by atoms with van der Waals surface area (Å²) in [4.78, 5) is 4.17. The zero-order valence-corrected chi connectivity index (χ0v) is 11.9. The van der Waals surface area contributed by atoms with Crippen molar-refractivity contribution in [3.8, 4) is 0 Å². The zero-order chi connectivity index (χ0) is 13.8. The Morgan fingerprint density at radius 2 is 2.16 bits per heavy atom. The van der Waals surface area contributed by atoms with Crippen molar-refractivity contribution in [3.05, 3.63) is 47.0 Å². The van der Waals surface area contributed by atoms with E-state index < -0.39 is 0 Å². The number of hydrogen-bond donors (Lipinski definition) is 1. The van der Waals surface area contributed by atoms with E-state index in [9.17, 15) is 0 Å². The van der Waals surface area contributed by atoms with E-state index in [-0.39, 0.29) is 6.04 Å². The van der Waals surface area contributed by atoms with Crippen LogP contribution in [-0.4, -0.2) is 14.8 Å². The Morgan fingerprint density at radius 3 is 2.84 bits per heavy atom. The van der Waals surface area contributed by atoms with Gasteiger partial charge in [-0.05, 0) is 43.5 Å². The number of nitrogens with zero attached hydrogens (tertiary/aromatic N) is 3. The Kier molecular flexibility index (Phi) is 4.32. The molecule has 2 aromatic heterocycles. The Balaban J connectivity index is 2.22. The molecule has 2 N–H and O–H groups in total. The molecule has 0 fully saturated rings. The second-order valence-corrected chi connectivity index (χ2v) is 4.83. The summed E-state index contributed by atoms with van der Waals surface area (Å²) in [6, 6.07) is 4.15. The maximum absolute atomic E-state index is 6.37. The molecule has 0 bridgehead atoms. The summed E-state index contributed by atoms with van der Waals surface area (Å²) >= 11 is 0. The van der Waals surface area contributed by atoms with Crippen molar-refractivity contribution in [3.63, 3.8) is 0 Å². The number of pyridine rings is 1. The molecular formula is C15H22N4. The van der Waals surface area contributed by atoms with Gasteiger partial charge in [0.1, 0.15) is 0 Å².